The van der Waals surface area contributed by atoms with Crippen LogP contribution >= 0.6 is 23.4 Å². The van der Waals surface area contributed by atoms with E-state index in [0.29, 0.717) is 17.4 Å². The number of carbonyl (C=O) groups excluding carboxylic acids is 2. The molecule has 0 spiro atoms. The van der Waals surface area contributed by atoms with Gasteiger partial charge < -0.3 is 5.32 Å². The summed E-state index contributed by atoms with van der Waals surface area (Å²) < 4.78 is 38.6. The number of nitrogens with one attached hydrogen (secondary N) is 1. The van der Waals surface area contributed by atoms with Crippen molar-refractivity contribution in [3.63, 3.8) is 0 Å². The second kappa shape index (κ2) is 6.85. The average Bonchev–Trinajstić information content (AvgIpc) is 2.83. The van der Waals surface area contributed by atoms with Gasteiger partial charge in [-0.2, -0.15) is 13.2 Å². The van der Waals surface area contributed by atoms with Crippen LogP contribution in [0.5, 0.6) is 0 Å². The van der Waals surface area contributed by atoms with Crippen LogP contribution in [-0.4, -0.2) is 16.5 Å². The van der Waals surface area contributed by atoms with E-state index in [9.17, 15) is 22.8 Å². The van der Waals surface area contributed by atoms with E-state index < -0.39 is 28.3 Å². The molecule has 1 heterocycles. The number of para-hydroxylation sites is 1. The number of anilines is 2. The number of alkyl halides is 3. The summed E-state index contributed by atoms with van der Waals surface area (Å²) in [4.78, 5) is 25.9. The smallest absolute Gasteiger partial charge is 0.364 e. The number of amides is 2. The normalized spacial score (nSPS) is 17.7. The first kappa shape index (κ1) is 18.6. The molecule has 2 aromatic rings. The Morgan fingerprint density at radius 2 is 1.85 bits per heavy atom. The number of nitrogens with zero attached hydrogens (tertiary/aromatic N) is 1. The summed E-state index contributed by atoms with van der Waals surface area (Å²) in [5.74, 6) is -0.567. The highest BCUT2D eigenvalue weighted by Crippen LogP contribution is 2.37. The van der Waals surface area contributed by atoms with Gasteiger partial charge >= 0.3 is 6.18 Å². The monoisotopic (exact) mass is 400 g/mol. The minimum Gasteiger partial charge on any atom is -0.364 e. The predicted molar refractivity (Wildman–Crippen MR) is 95.5 cm³/mol. The lowest BCUT2D eigenvalue weighted by atomic mass is 10.2. The van der Waals surface area contributed by atoms with Crippen LogP contribution in [0.2, 0.25) is 5.02 Å². The molecular weight excluding hydrogens is 389 g/mol. The summed E-state index contributed by atoms with van der Waals surface area (Å²) in [6, 6.07) is 9.61. The van der Waals surface area contributed by atoms with Crippen LogP contribution in [0, 0.1) is 6.92 Å². The highest BCUT2D eigenvalue weighted by Gasteiger charge is 2.41. The van der Waals surface area contributed by atoms with E-state index in [4.69, 9.17) is 11.6 Å². The Balaban J connectivity index is 1.88. The highest BCUT2D eigenvalue weighted by atomic mass is 35.5. The van der Waals surface area contributed by atoms with E-state index in [1.165, 1.54) is 0 Å². The van der Waals surface area contributed by atoms with Gasteiger partial charge in [-0.1, -0.05) is 29.8 Å². The van der Waals surface area contributed by atoms with Crippen LogP contribution in [-0.2, 0) is 11.0 Å². The molecule has 1 aliphatic heterocycles. The summed E-state index contributed by atoms with van der Waals surface area (Å²) in [5.41, 5.74) is 0.204. The van der Waals surface area contributed by atoms with Gasteiger partial charge in [0.2, 0.25) is 0 Å². The lowest BCUT2D eigenvalue weighted by Gasteiger charge is -2.17. The van der Waals surface area contributed by atoms with Crippen molar-refractivity contribution < 1.29 is 22.8 Å². The zero-order valence-corrected chi connectivity index (χ0v) is 14.9. The molecule has 0 aromatic heterocycles. The van der Waals surface area contributed by atoms with Gasteiger partial charge in [0.15, 0.2) is 5.37 Å². The van der Waals surface area contributed by atoms with Gasteiger partial charge in [0.1, 0.15) is 0 Å². The molecule has 1 atom stereocenters. The van der Waals surface area contributed by atoms with E-state index in [1.54, 1.807) is 31.2 Å². The first-order valence-electron chi connectivity index (χ1n) is 7.42. The molecule has 9 heteroatoms. The third kappa shape index (κ3) is 3.52. The van der Waals surface area contributed by atoms with Crippen molar-refractivity contribution in [2.75, 3.05) is 10.2 Å². The van der Waals surface area contributed by atoms with Gasteiger partial charge in [0, 0.05) is 0 Å². The van der Waals surface area contributed by atoms with Crippen molar-refractivity contribution in [3.8, 4) is 0 Å². The number of carbonyl (C=O) groups is 2. The SMILES string of the molecule is Cc1ccccc1N1C(=O)SC(Nc2cc(C(F)(F)F)ccc2Cl)C1=O. The van der Waals surface area contributed by atoms with Crippen LogP contribution in [0.25, 0.3) is 0 Å². The molecule has 1 unspecified atom stereocenters. The Morgan fingerprint density at radius 1 is 1.15 bits per heavy atom. The Labute approximate surface area is 156 Å². The molecule has 26 heavy (non-hydrogen) atoms. The minimum atomic E-state index is -4.54. The number of aryl methyl sites for hydroxylation is 1. The summed E-state index contributed by atoms with van der Waals surface area (Å²) in [5, 5.41) is 1.09. The quantitative estimate of drug-likeness (QED) is 0.759. The van der Waals surface area contributed by atoms with Crippen LogP contribution in [0.15, 0.2) is 42.5 Å². The Kier molecular flexibility index (Phi) is 4.90. The third-order valence-electron chi connectivity index (χ3n) is 3.78. The zero-order valence-electron chi connectivity index (χ0n) is 13.3. The van der Waals surface area contributed by atoms with E-state index in [-0.39, 0.29) is 10.7 Å². The second-order valence-corrected chi connectivity index (χ2v) is 7.02. The van der Waals surface area contributed by atoms with E-state index in [0.717, 1.165) is 28.7 Å². The van der Waals surface area contributed by atoms with E-state index >= 15 is 0 Å². The number of hydrogen-bond acceptors (Lipinski definition) is 4. The fourth-order valence-corrected chi connectivity index (χ4v) is 3.55. The first-order chi connectivity index (χ1) is 12.2. The lowest BCUT2D eigenvalue weighted by molar-refractivity contribution is -0.137. The third-order valence-corrected chi connectivity index (χ3v) is 5.05. The molecule has 1 fully saturated rings. The second-order valence-electron chi connectivity index (χ2n) is 5.56. The van der Waals surface area contributed by atoms with Crippen LogP contribution in [0.1, 0.15) is 11.1 Å². The standard InChI is InChI=1S/C17H12ClF3N2O2S/c1-9-4-2-3-5-13(9)23-15(24)14(26-16(23)25)22-12-8-10(17(19,20)21)6-7-11(12)18/h2-8,14,22H,1H3. The van der Waals surface area contributed by atoms with Crippen molar-refractivity contribution in [2.24, 2.45) is 0 Å². The van der Waals surface area contributed by atoms with Crippen molar-refractivity contribution in [1.82, 2.24) is 0 Å². The molecule has 1 aliphatic rings. The van der Waals surface area contributed by atoms with Crippen molar-refractivity contribution in [2.45, 2.75) is 18.5 Å². The van der Waals surface area contributed by atoms with Gasteiger partial charge in [-0.15, -0.1) is 0 Å². The Hall–Kier alpha value is -2.19. The van der Waals surface area contributed by atoms with Crippen molar-refractivity contribution in [3.05, 3.63) is 58.6 Å². The summed E-state index contributed by atoms with van der Waals surface area (Å²) in [7, 11) is 0. The van der Waals surface area contributed by atoms with Gasteiger partial charge in [-0.25, -0.2) is 4.90 Å². The number of benzene rings is 2. The molecule has 0 aliphatic carbocycles. The molecule has 1 saturated heterocycles. The molecule has 4 nitrogen and oxygen atoms in total. The fraction of sp³-hybridized carbons (Fsp3) is 0.176. The molecule has 3 rings (SSSR count). The number of hydrogen-bond donors (Lipinski definition) is 1. The maximum Gasteiger partial charge on any atom is 0.416 e. The topological polar surface area (TPSA) is 49.4 Å². The lowest BCUT2D eigenvalue weighted by Crippen LogP contribution is -2.34. The fourth-order valence-electron chi connectivity index (χ4n) is 2.49. The molecule has 2 aromatic carbocycles. The number of thioether (sulfide) groups is 1. The molecular formula is C17H12ClF3N2O2S. The van der Waals surface area contributed by atoms with Gasteiger partial charge in [0.05, 0.1) is 22.0 Å². The number of rotatable bonds is 3. The molecule has 2 amide bonds. The molecule has 0 radical (unpaired) electrons. The molecule has 1 N–H and O–H groups in total. The van der Waals surface area contributed by atoms with Crippen molar-refractivity contribution >= 4 is 45.9 Å². The largest absolute Gasteiger partial charge is 0.416 e. The van der Waals surface area contributed by atoms with Gasteiger partial charge in [-0.3, -0.25) is 9.59 Å². The first-order valence-corrected chi connectivity index (χ1v) is 8.68. The van der Waals surface area contributed by atoms with Crippen LogP contribution < -0.4 is 10.2 Å². The maximum atomic E-state index is 12.9. The Morgan fingerprint density at radius 3 is 2.50 bits per heavy atom. The number of halogens is 4. The molecule has 136 valence electrons. The van der Waals surface area contributed by atoms with Crippen molar-refractivity contribution in [1.29, 1.82) is 0 Å². The maximum absolute atomic E-state index is 12.9. The summed E-state index contributed by atoms with van der Waals surface area (Å²) in [6.07, 6.45) is -4.54. The highest BCUT2D eigenvalue weighted by molar-refractivity contribution is 8.16. The molecule has 0 saturated carbocycles. The molecule has 0 bridgehead atoms. The van der Waals surface area contributed by atoms with Crippen LogP contribution in [0.4, 0.5) is 29.3 Å². The zero-order chi connectivity index (χ0) is 19.1. The van der Waals surface area contributed by atoms with Crippen LogP contribution in [0.3, 0.4) is 0 Å². The Bertz CT molecular complexity index is 889. The summed E-state index contributed by atoms with van der Waals surface area (Å²) in [6.45, 7) is 1.75. The van der Waals surface area contributed by atoms with Gasteiger partial charge in [0.25, 0.3) is 11.1 Å². The van der Waals surface area contributed by atoms with E-state index in [1.807, 2.05) is 0 Å². The summed E-state index contributed by atoms with van der Waals surface area (Å²) >= 11 is 6.63. The minimum absolute atomic E-state index is 0.0215. The van der Waals surface area contributed by atoms with Gasteiger partial charge in [-0.05, 0) is 48.5 Å². The predicted octanol–water partition coefficient (Wildman–Crippen LogP) is 5.31. The van der Waals surface area contributed by atoms with E-state index in [2.05, 4.69) is 5.32 Å². The average molecular weight is 401 g/mol. The number of imide groups is 1.